The predicted octanol–water partition coefficient (Wildman–Crippen LogP) is 3.32. The van der Waals surface area contributed by atoms with Crippen molar-refractivity contribution in [1.29, 1.82) is 0 Å². The summed E-state index contributed by atoms with van der Waals surface area (Å²) in [7, 11) is 2.02. The van der Waals surface area contributed by atoms with Crippen molar-refractivity contribution >= 4 is 11.0 Å². The normalized spacial score (nSPS) is 13.0. The molecule has 0 saturated heterocycles. The van der Waals surface area contributed by atoms with Crippen LogP contribution in [-0.2, 0) is 7.05 Å². The summed E-state index contributed by atoms with van der Waals surface area (Å²) in [6, 6.07) is 8.20. The average molecular weight is 261 g/mol. The molecule has 0 fully saturated rings. The van der Waals surface area contributed by atoms with E-state index in [1.807, 2.05) is 30.1 Å². The van der Waals surface area contributed by atoms with Gasteiger partial charge in [0, 0.05) is 6.42 Å². The van der Waals surface area contributed by atoms with Gasteiger partial charge in [-0.1, -0.05) is 44.7 Å². The van der Waals surface area contributed by atoms with Crippen molar-refractivity contribution in [2.75, 3.05) is 0 Å². The molecule has 0 amide bonds. The van der Waals surface area contributed by atoms with Crippen molar-refractivity contribution in [1.82, 2.24) is 4.57 Å². The lowest BCUT2D eigenvalue weighted by Gasteiger charge is -2.07. The Morgan fingerprint density at radius 1 is 1.16 bits per heavy atom. The zero-order valence-corrected chi connectivity index (χ0v) is 12.0. The summed E-state index contributed by atoms with van der Waals surface area (Å²) in [5.41, 5.74) is 2.26. The number of imidazole rings is 1. The topological polar surface area (TPSA) is 29.0 Å². The third kappa shape index (κ3) is 3.35. The van der Waals surface area contributed by atoms with Crippen LogP contribution in [0.4, 0.5) is 0 Å². The molecule has 0 spiro atoms. The molecule has 0 saturated carbocycles. The van der Waals surface area contributed by atoms with Crippen LogP contribution < -0.4 is 4.57 Å². The van der Waals surface area contributed by atoms with Crippen LogP contribution in [0.1, 0.15) is 51.7 Å². The van der Waals surface area contributed by atoms with E-state index in [-0.39, 0.29) is 0 Å². The maximum atomic E-state index is 10.3. The van der Waals surface area contributed by atoms with Crippen LogP contribution in [0.3, 0.4) is 0 Å². The molecule has 3 nitrogen and oxygen atoms in total. The van der Waals surface area contributed by atoms with Gasteiger partial charge in [0.15, 0.2) is 17.3 Å². The number of hydrogen-bond acceptors (Lipinski definition) is 1. The number of aromatic nitrogens is 2. The lowest BCUT2D eigenvalue weighted by atomic mass is 10.1. The highest BCUT2D eigenvalue weighted by atomic mass is 16.3. The van der Waals surface area contributed by atoms with Crippen LogP contribution in [0.2, 0.25) is 0 Å². The maximum absolute atomic E-state index is 10.3. The lowest BCUT2D eigenvalue weighted by molar-refractivity contribution is -0.646. The van der Waals surface area contributed by atoms with Gasteiger partial charge in [-0.3, -0.25) is 0 Å². The number of nitrogens with zero attached hydrogens (tertiary/aromatic N) is 2. The smallest absolute Gasteiger partial charge is 0.246 e. The minimum Gasteiger partial charge on any atom is -0.355 e. The summed E-state index contributed by atoms with van der Waals surface area (Å²) < 4.78 is 4.05. The van der Waals surface area contributed by atoms with E-state index in [2.05, 4.69) is 23.6 Å². The molecule has 0 aliphatic carbocycles. The SMILES string of the molecule is CCCCCCCC(O)n1c[n+](C)c2ccccc21. The van der Waals surface area contributed by atoms with Crippen LogP contribution in [-0.4, -0.2) is 9.67 Å². The second kappa shape index (κ2) is 6.71. The van der Waals surface area contributed by atoms with Crippen LogP contribution in [0.15, 0.2) is 30.6 Å². The van der Waals surface area contributed by atoms with Gasteiger partial charge in [-0.05, 0) is 18.6 Å². The standard InChI is InChI=1S/C16H25N2O/c1-3-4-5-6-7-12-16(19)18-13-17(2)14-10-8-9-11-15(14)18/h8-11,13,16,19H,3-7,12H2,1-2H3/q+1. The van der Waals surface area contributed by atoms with Gasteiger partial charge in [0.05, 0.1) is 7.05 Å². The van der Waals surface area contributed by atoms with Gasteiger partial charge in [-0.15, -0.1) is 0 Å². The Balaban J connectivity index is 1.99. The number of aliphatic hydroxyl groups excluding tert-OH is 1. The number of hydrogen-bond donors (Lipinski definition) is 1. The molecule has 2 rings (SSSR count). The first-order chi connectivity index (χ1) is 9.24. The van der Waals surface area contributed by atoms with Gasteiger partial charge in [-0.25, -0.2) is 9.13 Å². The summed E-state index contributed by atoms with van der Waals surface area (Å²) >= 11 is 0. The van der Waals surface area contributed by atoms with E-state index in [0.29, 0.717) is 0 Å². The fraction of sp³-hybridized carbons (Fsp3) is 0.562. The lowest BCUT2D eigenvalue weighted by Crippen LogP contribution is -2.25. The summed E-state index contributed by atoms with van der Waals surface area (Å²) in [5.74, 6) is 0. The molecule has 19 heavy (non-hydrogen) atoms. The number of benzene rings is 1. The number of unbranched alkanes of at least 4 members (excludes halogenated alkanes) is 4. The highest BCUT2D eigenvalue weighted by Gasteiger charge is 2.18. The average Bonchev–Trinajstić information content (AvgIpc) is 2.76. The zero-order valence-electron chi connectivity index (χ0n) is 12.0. The largest absolute Gasteiger partial charge is 0.355 e. The zero-order chi connectivity index (χ0) is 13.7. The summed E-state index contributed by atoms with van der Waals surface area (Å²) in [4.78, 5) is 0. The number of fused-ring (bicyclic) bond motifs is 1. The van der Waals surface area contributed by atoms with Gasteiger partial charge in [0.25, 0.3) is 0 Å². The summed E-state index contributed by atoms with van der Waals surface area (Å²) in [6.07, 6.45) is 8.58. The van der Waals surface area contributed by atoms with E-state index >= 15 is 0 Å². The number of rotatable bonds is 7. The van der Waals surface area contributed by atoms with E-state index in [0.717, 1.165) is 23.9 Å². The fourth-order valence-corrected chi connectivity index (χ4v) is 2.60. The Kier molecular flexibility index (Phi) is 4.97. The third-order valence-electron chi connectivity index (χ3n) is 3.72. The van der Waals surface area contributed by atoms with E-state index in [1.54, 1.807) is 0 Å². The van der Waals surface area contributed by atoms with Gasteiger partial charge in [0.1, 0.15) is 0 Å². The summed E-state index contributed by atoms with van der Waals surface area (Å²) in [5, 5.41) is 10.3. The first-order valence-electron chi connectivity index (χ1n) is 7.37. The Hall–Kier alpha value is -1.35. The molecule has 1 atom stereocenters. The van der Waals surface area contributed by atoms with Crippen LogP contribution in [0.25, 0.3) is 11.0 Å². The van der Waals surface area contributed by atoms with Gasteiger partial charge in [-0.2, -0.15) is 0 Å². The molecule has 104 valence electrons. The Morgan fingerprint density at radius 3 is 2.68 bits per heavy atom. The van der Waals surface area contributed by atoms with Crippen molar-refractivity contribution in [3.8, 4) is 0 Å². The molecule has 1 heterocycles. The van der Waals surface area contributed by atoms with Crippen molar-refractivity contribution in [3.63, 3.8) is 0 Å². The second-order valence-electron chi connectivity index (χ2n) is 5.31. The molecule has 1 N–H and O–H groups in total. The Bertz CT molecular complexity index is 518. The van der Waals surface area contributed by atoms with Crippen LogP contribution in [0.5, 0.6) is 0 Å². The Morgan fingerprint density at radius 2 is 1.89 bits per heavy atom. The van der Waals surface area contributed by atoms with E-state index in [9.17, 15) is 5.11 Å². The third-order valence-corrected chi connectivity index (χ3v) is 3.72. The molecule has 1 unspecified atom stereocenters. The van der Waals surface area contributed by atoms with Crippen LogP contribution >= 0.6 is 0 Å². The molecule has 1 aromatic carbocycles. The van der Waals surface area contributed by atoms with Crippen molar-refractivity contribution < 1.29 is 9.67 Å². The second-order valence-corrected chi connectivity index (χ2v) is 5.31. The van der Waals surface area contributed by atoms with E-state index < -0.39 is 6.23 Å². The quantitative estimate of drug-likeness (QED) is 0.601. The molecule has 1 aromatic heterocycles. The fourth-order valence-electron chi connectivity index (χ4n) is 2.60. The highest BCUT2D eigenvalue weighted by Crippen LogP contribution is 2.19. The highest BCUT2D eigenvalue weighted by molar-refractivity contribution is 5.71. The van der Waals surface area contributed by atoms with Gasteiger partial charge < -0.3 is 5.11 Å². The molecular weight excluding hydrogens is 236 g/mol. The van der Waals surface area contributed by atoms with Gasteiger partial charge in [0.2, 0.25) is 6.33 Å². The molecule has 2 aromatic rings. The first kappa shape index (κ1) is 14.1. The summed E-state index contributed by atoms with van der Waals surface area (Å²) in [6.45, 7) is 2.22. The number of aliphatic hydroxyl groups is 1. The Labute approximate surface area is 115 Å². The van der Waals surface area contributed by atoms with E-state index in [4.69, 9.17) is 0 Å². The van der Waals surface area contributed by atoms with Crippen molar-refractivity contribution in [3.05, 3.63) is 30.6 Å². The molecule has 0 aliphatic heterocycles. The minimum atomic E-state index is -0.410. The monoisotopic (exact) mass is 261 g/mol. The maximum Gasteiger partial charge on any atom is 0.246 e. The predicted molar refractivity (Wildman–Crippen MR) is 77.7 cm³/mol. The molecule has 0 radical (unpaired) electrons. The number of aryl methyl sites for hydroxylation is 1. The number of para-hydroxylation sites is 2. The van der Waals surface area contributed by atoms with Crippen molar-refractivity contribution in [2.45, 2.75) is 51.7 Å². The molecule has 0 bridgehead atoms. The van der Waals surface area contributed by atoms with Crippen molar-refractivity contribution in [2.24, 2.45) is 7.05 Å². The first-order valence-corrected chi connectivity index (χ1v) is 7.37. The molecule has 0 aliphatic rings. The van der Waals surface area contributed by atoms with Crippen LogP contribution in [0, 0.1) is 0 Å². The molecule has 3 heteroatoms. The molecular formula is C16H25N2O+. The van der Waals surface area contributed by atoms with Gasteiger partial charge >= 0.3 is 0 Å². The van der Waals surface area contributed by atoms with E-state index in [1.165, 1.54) is 25.7 Å². The minimum absolute atomic E-state index is 0.410.